The van der Waals surface area contributed by atoms with Crippen LogP contribution in [-0.2, 0) is 33.4 Å². The minimum atomic E-state index is -1.53. The second-order valence-electron chi connectivity index (χ2n) is 20.1. The molecular weight excluding hydrogens is 981 g/mol. The highest BCUT2D eigenvalue weighted by Gasteiger charge is 2.35. The van der Waals surface area contributed by atoms with Crippen molar-refractivity contribution in [2.24, 2.45) is 11.8 Å². The Balaban J connectivity index is 0.871. The lowest BCUT2D eigenvalue weighted by Gasteiger charge is -2.34. The van der Waals surface area contributed by atoms with Crippen molar-refractivity contribution < 1.29 is 61.3 Å². The summed E-state index contributed by atoms with van der Waals surface area (Å²) in [7, 11) is 2.82. The Morgan fingerprint density at radius 3 is 1.57 bits per heavy atom. The van der Waals surface area contributed by atoms with Gasteiger partial charge in [0, 0.05) is 57.2 Å². The minimum Gasteiger partial charge on any atom is -0.492 e. The van der Waals surface area contributed by atoms with E-state index in [9.17, 15) is 43.2 Å². The Morgan fingerprint density at radius 2 is 1.15 bits per heavy atom. The van der Waals surface area contributed by atoms with Gasteiger partial charge in [0.15, 0.2) is 36.3 Å². The lowest BCUT2D eigenvalue weighted by atomic mass is 9.99. The van der Waals surface area contributed by atoms with E-state index in [1.165, 1.54) is 26.6 Å². The van der Waals surface area contributed by atoms with Gasteiger partial charge in [-0.2, -0.15) is 0 Å². The van der Waals surface area contributed by atoms with Gasteiger partial charge in [-0.15, -0.1) is 0 Å². The Labute approximate surface area is 430 Å². The van der Waals surface area contributed by atoms with Gasteiger partial charge >= 0.3 is 11.9 Å². The fourth-order valence-electron chi connectivity index (χ4n) is 10.3. The number of aldehydes is 2. The first kappa shape index (κ1) is 53.9. The monoisotopic (exact) mass is 1040 g/mol. The van der Waals surface area contributed by atoms with Crippen molar-refractivity contribution in [1.29, 1.82) is 0 Å². The number of carbonyl (C=O) groups is 7. The first-order chi connectivity index (χ1) is 36.1. The molecule has 2 aromatic carbocycles. The van der Waals surface area contributed by atoms with Gasteiger partial charge in [-0.3, -0.25) is 24.0 Å². The lowest BCUT2D eigenvalue weighted by molar-refractivity contribution is -0.132. The van der Waals surface area contributed by atoms with Crippen molar-refractivity contribution in [2.45, 2.75) is 109 Å². The molecule has 4 fully saturated rings. The third-order valence-electron chi connectivity index (χ3n) is 14.2. The number of halogens is 2. The van der Waals surface area contributed by atoms with Crippen molar-refractivity contribution in [3.63, 3.8) is 0 Å². The van der Waals surface area contributed by atoms with E-state index in [0.29, 0.717) is 49.0 Å². The average Bonchev–Trinajstić information content (AvgIpc) is 4.35. The Bertz CT molecular complexity index is 3020. The number of carbonyl (C=O) groups excluding carboxylic acids is 7. The summed E-state index contributed by atoms with van der Waals surface area (Å²) in [5, 5.41) is 7.03. The number of amides is 3. The van der Waals surface area contributed by atoms with Crippen molar-refractivity contribution in [1.82, 2.24) is 25.1 Å². The number of esters is 2. The topological polar surface area (TPSA) is 243 Å². The number of methoxy groups -OCH3 is 2. The maximum atomic E-state index is 16.0. The SMILES string of the molecule is COc1c(N2CCCC(C)C2)c(F)cc2c(=O)c(C(=O)OCC(=O)NCCCC[C@@H](NC(=O)COC(=O)c3cn(C4CC4)c4c(OC)c(N5CCCC(C)C5)c(F)cc4c3=O)C(=O)NC(C=O)C=O)cn(C3CC3)c12. The quantitative estimate of drug-likeness (QED) is 0.0427. The molecule has 3 amide bonds. The number of piperidine rings is 2. The Morgan fingerprint density at radius 1 is 0.680 bits per heavy atom. The van der Waals surface area contributed by atoms with Gasteiger partial charge in [-0.25, -0.2) is 18.4 Å². The van der Waals surface area contributed by atoms with Gasteiger partial charge < -0.3 is 63.4 Å². The van der Waals surface area contributed by atoms with Gasteiger partial charge in [0.25, 0.3) is 11.8 Å². The van der Waals surface area contributed by atoms with Crippen LogP contribution in [0.25, 0.3) is 21.8 Å². The molecule has 2 saturated heterocycles. The van der Waals surface area contributed by atoms with Crippen LogP contribution in [0.4, 0.5) is 20.2 Å². The number of nitrogens with one attached hydrogen (secondary N) is 3. The number of hydrogen-bond donors (Lipinski definition) is 3. The van der Waals surface area contributed by atoms with Crippen LogP contribution in [0.3, 0.4) is 0 Å². The molecule has 2 aliphatic heterocycles. The molecule has 402 valence electrons. The summed E-state index contributed by atoms with van der Waals surface area (Å²) in [6.45, 7) is 4.89. The normalized spacial score (nSPS) is 18.1. The van der Waals surface area contributed by atoms with Crippen molar-refractivity contribution in [3.05, 3.63) is 67.7 Å². The summed E-state index contributed by atoms with van der Waals surface area (Å²) in [6.07, 6.45) is 10.1. The zero-order valence-electron chi connectivity index (χ0n) is 42.5. The largest absolute Gasteiger partial charge is 0.492 e. The van der Waals surface area contributed by atoms with E-state index in [4.69, 9.17) is 18.9 Å². The number of ether oxygens (including phenoxy) is 4. The second kappa shape index (κ2) is 23.4. The summed E-state index contributed by atoms with van der Waals surface area (Å²) in [5.74, 6) is -5.19. The fourth-order valence-corrected chi connectivity index (χ4v) is 10.3. The van der Waals surface area contributed by atoms with Crippen molar-refractivity contribution in [2.75, 3.05) is 70.0 Å². The van der Waals surface area contributed by atoms with Crippen LogP contribution in [0.15, 0.2) is 34.1 Å². The third-order valence-corrected chi connectivity index (χ3v) is 14.2. The highest BCUT2D eigenvalue weighted by atomic mass is 19.1. The number of hydrogen-bond acceptors (Lipinski definition) is 15. The first-order valence-electron chi connectivity index (χ1n) is 25.6. The number of unbranched alkanes of at least 4 members (excludes halogenated alkanes) is 1. The standard InChI is InChI=1S/C53H63F2N7O13/c1-29-9-7-17-59(21-29)45-38(54)19-34-43(49(45)72-3)61(32-12-13-32)23-36(47(34)67)52(70)74-27-41(65)56-16-6-5-11-40(51(69)57-31(25-63)26-64)58-42(66)28-75-53(71)37-24-62(33-14-15-33)44-35(48(37)68)20-39(55)46(50(44)73-4)60-18-8-10-30(2)22-60/h19-20,23-26,29-33,40H,5-18,21-22,27-28H2,1-4H3,(H,56,65)(H,57,69)(H,58,66)/t29?,30?,40-/m1/s1. The van der Waals surface area contributed by atoms with E-state index in [1.54, 1.807) is 9.13 Å². The van der Waals surface area contributed by atoms with E-state index in [0.717, 1.165) is 63.5 Å². The summed E-state index contributed by atoms with van der Waals surface area (Å²) in [6, 6.07) is -0.857. The molecule has 0 spiro atoms. The van der Waals surface area contributed by atoms with Crippen molar-refractivity contribution in [3.8, 4) is 11.5 Å². The van der Waals surface area contributed by atoms with Crippen LogP contribution in [0.2, 0.25) is 0 Å². The van der Waals surface area contributed by atoms with E-state index in [1.807, 2.05) is 9.80 Å². The maximum Gasteiger partial charge on any atom is 0.344 e. The molecule has 4 heterocycles. The molecule has 0 bridgehead atoms. The molecule has 2 aromatic heterocycles. The number of nitrogens with zero attached hydrogens (tertiary/aromatic N) is 4. The molecule has 2 unspecified atom stereocenters. The van der Waals surface area contributed by atoms with Crippen LogP contribution in [0.1, 0.15) is 117 Å². The van der Waals surface area contributed by atoms with Crippen LogP contribution in [0.5, 0.6) is 11.5 Å². The molecule has 2 aliphatic carbocycles. The zero-order chi connectivity index (χ0) is 53.7. The van der Waals surface area contributed by atoms with E-state index in [-0.39, 0.29) is 89.7 Å². The smallest absolute Gasteiger partial charge is 0.344 e. The van der Waals surface area contributed by atoms with E-state index < -0.39 is 83.0 Å². The molecule has 3 N–H and O–H groups in total. The van der Waals surface area contributed by atoms with Crippen LogP contribution in [0, 0.1) is 23.5 Å². The van der Waals surface area contributed by atoms with Gasteiger partial charge in [0.1, 0.15) is 47.2 Å². The molecule has 22 heteroatoms. The summed E-state index contributed by atoms with van der Waals surface area (Å²) < 4.78 is 57.4. The fraction of sp³-hybridized carbons (Fsp3) is 0.528. The number of aromatic nitrogens is 2. The second-order valence-corrected chi connectivity index (χ2v) is 20.1. The highest BCUT2D eigenvalue weighted by Crippen LogP contribution is 2.46. The van der Waals surface area contributed by atoms with Gasteiger partial charge in [-0.05, 0) is 94.6 Å². The van der Waals surface area contributed by atoms with E-state index in [2.05, 4.69) is 29.8 Å². The molecule has 20 nitrogen and oxygen atoms in total. The Kier molecular flexibility index (Phi) is 16.8. The summed E-state index contributed by atoms with van der Waals surface area (Å²) >= 11 is 0. The number of pyridine rings is 2. The first-order valence-corrected chi connectivity index (χ1v) is 25.6. The summed E-state index contributed by atoms with van der Waals surface area (Å²) in [4.78, 5) is 120. The highest BCUT2D eigenvalue weighted by molar-refractivity contribution is 6.00. The summed E-state index contributed by atoms with van der Waals surface area (Å²) in [5.41, 5.74) is -1.23. The van der Waals surface area contributed by atoms with E-state index >= 15 is 8.78 Å². The third kappa shape index (κ3) is 11.9. The van der Waals surface area contributed by atoms with Crippen LogP contribution >= 0.6 is 0 Å². The number of benzene rings is 2. The zero-order valence-corrected chi connectivity index (χ0v) is 42.5. The minimum absolute atomic E-state index is 0.00192. The molecule has 4 aliphatic rings. The molecule has 3 atom stereocenters. The molecule has 0 radical (unpaired) electrons. The lowest BCUT2D eigenvalue weighted by Crippen LogP contribution is -2.51. The van der Waals surface area contributed by atoms with Crippen molar-refractivity contribution >= 4 is 75.4 Å². The number of anilines is 2. The van der Waals surface area contributed by atoms with Crippen LogP contribution < -0.4 is 46.1 Å². The van der Waals surface area contributed by atoms with Crippen LogP contribution in [-0.4, -0.2) is 124 Å². The molecule has 75 heavy (non-hydrogen) atoms. The molecule has 8 rings (SSSR count). The van der Waals surface area contributed by atoms with Gasteiger partial charge in [-0.1, -0.05) is 13.8 Å². The Hall–Kier alpha value is -7.39. The number of rotatable bonds is 22. The molecule has 4 aromatic rings. The predicted molar refractivity (Wildman–Crippen MR) is 271 cm³/mol. The van der Waals surface area contributed by atoms with Gasteiger partial charge in [0.05, 0.1) is 36.0 Å². The number of fused-ring (bicyclic) bond motifs is 2. The maximum absolute atomic E-state index is 16.0. The predicted octanol–water partition coefficient (Wildman–Crippen LogP) is 4.42. The van der Waals surface area contributed by atoms with Gasteiger partial charge in [0.2, 0.25) is 16.8 Å². The average molecular weight is 1040 g/mol. The molecular formula is C53H63F2N7O13. The molecule has 2 saturated carbocycles.